The maximum absolute atomic E-state index is 12.5. The molecular formula is C24H28N3O5+. The number of fused-ring (bicyclic) bond motifs is 1. The van der Waals surface area contributed by atoms with Crippen LogP contribution in [0.2, 0.25) is 0 Å². The van der Waals surface area contributed by atoms with E-state index in [2.05, 4.69) is 17.1 Å². The summed E-state index contributed by atoms with van der Waals surface area (Å²) in [6, 6.07) is 5.51. The van der Waals surface area contributed by atoms with Gasteiger partial charge < -0.3 is 19.4 Å². The molecule has 0 atom stereocenters. The monoisotopic (exact) mass is 438 g/mol. The number of aromatic nitrogens is 2. The number of nitrogens with one attached hydrogen (secondary N) is 1. The van der Waals surface area contributed by atoms with Crippen LogP contribution in [0.1, 0.15) is 26.3 Å². The maximum Gasteiger partial charge on any atom is 0.360 e. The van der Waals surface area contributed by atoms with Gasteiger partial charge in [-0.25, -0.2) is 4.42 Å². The van der Waals surface area contributed by atoms with Crippen LogP contribution in [-0.4, -0.2) is 41.6 Å². The summed E-state index contributed by atoms with van der Waals surface area (Å²) >= 11 is 0. The summed E-state index contributed by atoms with van der Waals surface area (Å²) in [6.07, 6.45) is 4.98. The number of hydrogen-bond acceptors (Lipinski definition) is 6. The molecule has 168 valence electrons. The summed E-state index contributed by atoms with van der Waals surface area (Å²) in [5.74, 6) is 0.705. The summed E-state index contributed by atoms with van der Waals surface area (Å²) < 4.78 is 17.8. The van der Waals surface area contributed by atoms with Gasteiger partial charge in [0.05, 0.1) is 25.1 Å². The Morgan fingerprint density at radius 3 is 2.69 bits per heavy atom. The van der Waals surface area contributed by atoms with Crippen molar-refractivity contribution < 1.29 is 18.7 Å². The summed E-state index contributed by atoms with van der Waals surface area (Å²) in [5.41, 5.74) is 1.66. The van der Waals surface area contributed by atoms with Gasteiger partial charge in [0.15, 0.2) is 0 Å². The number of benzene rings is 1. The molecular weight excluding hydrogens is 410 g/mol. The van der Waals surface area contributed by atoms with Gasteiger partial charge in [-0.3, -0.25) is 14.6 Å². The van der Waals surface area contributed by atoms with E-state index in [-0.39, 0.29) is 18.1 Å². The van der Waals surface area contributed by atoms with Crippen LogP contribution >= 0.6 is 0 Å². The molecule has 3 aromatic rings. The first-order valence-corrected chi connectivity index (χ1v) is 10.1. The van der Waals surface area contributed by atoms with Gasteiger partial charge in [-0.05, 0) is 43.9 Å². The van der Waals surface area contributed by atoms with Crippen molar-refractivity contribution in [3.63, 3.8) is 0 Å². The molecule has 32 heavy (non-hydrogen) atoms. The number of nitrogens with zero attached hydrogens (tertiary/aromatic N) is 2. The highest BCUT2D eigenvalue weighted by atomic mass is 16.6. The number of ether oxygens (including phenoxy) is 2. The number of carbonyl (C=O) groups excluding carboxylic acids is 2. The fraction of sp³-hybridized carbons (Fsp3) is 0.333. The molecule has 0 spiro atoms. The highest BCUT2D eigenvalue weighted by Gasteiger charge is 2.22. The van der Waals surface area contributed by atoms with Crippen LogP contribution in [0.25, 0.3) is 21.9 Å². The highest BCUT2D eigenvalue weighted by molar-refractivity contribution is 5.95. The molecule has 1 N–H and O–H groups in total. The van der Waals surface area contributed by atoms with E-state index in [0.717, 1.165) is 16.5 Å². The molecule has 0 bridgehead atoms. The smallest absolute Gasteiger partial charge is 0.360 e. The van der Waals surface area contributed by atoms with E-state index in [1.54, 1.807) is 38.8 Å². The van der Waals surface area contributed by atoms with E-state index in [1.165, 1.54) is 4.57 Å². The van der Waals surface area contributed by atoms with Gasteiger partial charge in [0.1, 0.15) is 16.9 Å². The van der Waals surface area contributed by atoms with E-state index < -0.39 is 5.60 Å². The predicted molar refractivity (Wildman–Crippen MR) is 123 cm³/mol. The van der Waals surface area contributed by atoms with Crippen molar-refractivity contribution in [3.8, 4) is 22.6 Å². The third-order valence-electron chi connectivity index (χ3n) is 4.83. The zero-order valence-corrected chi connectivity index (χ0v) is 19.0. The SMILES string of the molecule is C=[O+]c1cc(-c2cn(C)c(=O)c3cnccc23)cc(OC)c1CNCC(=O)OC(C)(C)C. The topological polar surface area (TPSA) is 93.8 Å². The van der Waals surface area contributed by atoms with E-state index in [0.29, 0.717) is 29.0 Å². The molecule has 0 saturated heterocycles. The Balaban J connectivity index is 1.98. The predicted octanol–water partition coefficient (Wildman–Crippen LogP) is 3.12. The Morgan fingerprint density at radius 2 is 2.03 bits per heavy atom. The lowest BCUT2D eigenvalue weighted by molar-refractivity contribution is -0.355. The van der Waals surface area contributed by atoms with E-state index >= 15 is 0 Å². The standard InChI is InChI=1S/C24H28N3O5/c1-24(2,3)32-22(28)13-26-12-18-20(30-5)9-15(10-21(18)31-6)19-14-27(4)23(29)17-11-25-8-7-16(17)19/h7-11,14,26H,5,12-13H2,1-4,6H3/q+1. The fourth-order valence-corrected chi connectivity index (χ4v) is 3.47. The minimum Gasteiger partial charge on any atom is -0.496 e. The molecule has 0 amide bonds. The van der Waals surface area contributed by atoms with Crippen LogP contribution < -0.4 is 15.6 Å². The number of aryl methyl sites for hydroxylation is 1. The third-order valence-corrected chi connectivity index (χ3v) is 4.83. The number of methoxy groups -OCH3 is 1. The van der Waals surface area contributed by atoms with Gasteiger partial charge in [-0.1, -0.05) is 0 Å². The number of carbonyl (C=O) groups is 1. The lowest BCUT2D eigenvalue weighted by Gasteiger charge is -2.19. The molecule has 0 radical (unpaired) electrons. The van der Waals surface area contributed by atoms with Crippen LogP contribution in [0.5, 0.6) is 11.5 Å². The van der Waals surface area contributed by atoms with Gasteiger partial charge in [0, 0.05) is 37.7 Å². The summed E-state index contributed by atoms with van der Waals surface area (Å²) in [5, 5.41) is 4.36. The second kappa shape index (κ2) is 9.32. The summed E-state index contributed by atoms with van der Waals surface area (Å²) in [4.78, 5) is 28.6. The summed E-state index contributed by atoms with van der Waals surface area (Å²) in [7, 11) is 3.26. The Hall–Kier alpha value is -3.52. The minimum absolute atomic E-state index is 0.0389. The van der Waals surface area contributed by atoms with Crippen molar-refractivity contribution in [2.24, 2.45) is 7.05 Å². The first-order valence-electron chi connectivity index (χ1n) is 10.1. The van der Waals surface area contributed by atoms with Crippen LogP contribution in [0, 0.1) is 0 Å². The molecule has 2 heterocycles. The molecule has 2 aromatic heterocycles. The van der Waals surface area contributed by atoms with Gasteiger partial charge in [0.2, 0.25) is 0 Å². The number of rotatable bonds is 7. The number of esters is 1. The van der Waals surface area contributed by atoms with Gasteiger partial charge in [-0.15, -0.1) is 0 Å². The Kier molecular flexibility index (Phi) is 6.74. The minimum atomic E-state index is -0.548. The van der Waals surface area contributed by atoms with Crippen LogP contribution in [0.3, 0.4) is 0 Å². The van der Waals surface area contributed by atoms with Crippen molar-refractivity contribution in [1.29, 1.82) is 0 Å². The third kappa shape index (κ3) is 5.03. The highest BCUT2D eigenvalue weighted by Crippen LogP contribution is 2.37. The average Bonchev–Trinajstić information content (AvgIpc) is 2.75. The zero-order chi connectivity index (χ0) is 23.5. The molecule has 0 saturated carbocycles. The van der Waals surface area contributed by atoms with E-state index in [9.17, 15) is 9.59 Å². The van der Waals surface area contributed by atoms with E-state index in [1.807, 2.05) is 32.9 Å². The van der Waals surface area contributed by atoms with Crippen LogP contribution in [0.15, 0.2) is 41.6 Å². The van der Waals surface area contributed by atoms with Gasteiger partial charge in [0.25, 0.3) is 12.3 Å². The molecule has 3 rings (SSSR count). The molecule has 0 fully saturated rings. The Bertz CT molecular complexity index is 1220. The lowest BCUT2D eigenvalue weighted by atomic mass is 9.99. The fourth-order valence-electron chi connectivity index (χ4n) is 3.47. The maximum atomic E-state index is 12.5. The first-order chi connectivity index (χ1) is 15.1. The molecule has 0 aliphatic rings. The molecule has 0 aliphatic heterocycles. The van der Waals surface area contributed by atoms with Gasteiger partial charge in [-0.2, -0.15) is 0 Å². The Morgan fingerprint density at radius 1 is 1.28 bits per heavy atom. The molecule has 1 aromatic carbocycles. The van der Waals surface area contributed by atoms with Crippen molar-refractivity contribution >= 4 is 23.5 Å². The van der Waals surface area contributed by atoms with Crippen LogP contribution in [-0.2, 0) is 27.5 Å². The molecule has 0 unspecified atom stereocenters. The van der Waals surface area contributed by atoms with Crippen molar-refractivity contribution in [3.05, 3.63) is 52.7 Å². The van der Waals surface area contributed by atoms with Crippen LogP contribution in [0.4, 0.5) is 0 Å². The number of pyridine rings is 2. The average molecular weight is 439 g/mol. The zero-order valence-electron chi connectivity index (χ0n) is 19.0. The number of hydrogen-bond donors (Lipinski definition) is 1. The quantitative estimate of drug-likeness (QED) is 0.450. The van der Waals surface area contributed by atoms with Crippen molar-refractivity contribution in [1.82, 2.24) is 14.9 Å². The second-order valence-corrected chi connectivity index (χ2v) is 8.37. The first kappa shape index (κ1) is 23.1. The molecule has 0 aliphatic carbocycles. The molecule has 8 heteroatoms. The van der Waals surface area contributed by atoms with Gasteiger partial charge >= 0.3 is 11.7 Å². The largest absolute Gasteiger partial charge is 0.496 e. The summed E-state index contributed by atoms with van der Waals surface area (Å²) in [6.45, 7) is 9.38. The lowest BCUT2D eigenvalue weighted by Crippen LogP contribution is -2.31. The normalized spacial score (nSPS) is 11.4. The second-order valence-electron chi connectivity index (χ2n) is 8.37. The van der Waals surface area contributed by atoms with Crippen molar-refractivity contribution in [2.75, 3.05) is 13.7 Å². The van der Waals surface area contributed by atoms with Crippen molar-refractivity contribution in [2.45, 2.75) is 32.9 Å². The Labute approximate surface area is 186 Å². The molecule has 8 nitrogen and oxygen atoms in total. The van der Waals surface area contributed by atoms with E-state index in [4.69, 9.17) is 13.9 Å².